The molecule has 1 fully saturated rings. The van der Waals surface area contributed by atoms with Gasteiger partial charge in [-0.25, -0.2) is 0 Å². The summed E-state index contributed by atoms with van der Waals surface area (Å²) in [6.45, 7) is 6.31. The molecule has 1 aliphatic rings. The average molecular weight is 236 g/mol. The Bertz CT molecular complexity index is 403. The van der Waals surface area contributed by atoms with Gasteiger partial charge >= 0.3 is 0 Å². The number of nitrogens with two attached hydrogens (primary N) is 1. The summed E-state index contributed by atoms with van der Waals surface area (Å²) in [6, 6.07) is 1.82. The predicted molar refractivity (Wildman–Crippen MR) is 65.7 cm³/mol. The van der Waals surface area contributed by atoms with Gasteiger partial charge in [-0.05, 0) is 37.8 Å². The molecule has 0 unspecified atom stereocenters. The van der Waals surface area contributed by atoms with Gasteiger partial charge in [-0.15, -0.1) is 0 Å². The Kier molecular flexibility index (Phi) is 3.24. The van der Waals surface area contributed by atoms with Crippen LogP contribution >= 0.6 is 0 Å². The molecule has 0 aliphatic carbocycles. The summed E-state index contributed by atoms with van der Waals surface area (Å²) in [5.41, 5.74) is 6.85. The van der Waals surface area contributed by atoms with Crippen LogP contribution in [0.15, 0.2) is 16.7 Å². The smallest absolute Gasteiger partial charge is 0.289 e. The summed E-state index contributed by atoms with van der Waals surface area (Å²) in [5, 5.41) is 0. The molecule has 0 spiro atoms. The van der Waals surface area contributed by atoms with Gasteiger partial charge in [0.25, 0.3) is 5.91 Å². The Morgan fingerprint density at radius 1 is 1.53 bits per heavy atom. The van der Waals surface area contributed by atoms with E-state index in [0.29, 0.717) is 12.3 Å². The highest BCUT2D eigenvalue weighted by Crippen LogP contribution is 2.30. The van der Waals surface area contributed by atoms with Crippen LogP contribution in [0.4, 0.5) is 0 Å². The number of carbonyl (C=O) groups is 1. The van der Waals surface area contributed by atoms with E-state index in [0.717, 1.165) is 31.5 Å². The first kappa shape index (κ1) is 12.2. The molecule has 0 atom stereocenters. The highest BCUT2D eigenvalue weighted by Gasteiger charge is 2.32. The van der Waals surface area contributed by atoms with Crippen LogP contribution in [0, 0.1) is 12.3 Å². The van der Waals surface area contributed by atoms with E-state index in [2.05, 4.69) is 6.92 Å². The second-order valence-corrected chi connectivity index (χ2v) is 5.24. The van der Waals surface area contributed by atoms with E-state index in [-0.39, 0.29) is 11.3 Å². The largest absolute Gasteiger partial charge is 0.459 e. The van der Waals surface area contributed by atoms with Crippen molar-refractivity contribution in [1.29, 1.82) is 0 Å². The minimum absolute atomic E-state index is 0.00608. The highest BCUT2D eigenvalue weighted by molar-refractivity contribution is 5.92. The molecular formula is C13H20N2O2. The van der Waals surface area contributed by atoms with Crippen LogP contribution in [0.5, 0.6) is 0 Å². The zero-order valence-electron chi connectivity index (χ0n) is 10.5. The van der Waals surface area contributed by atoms with Crippen LogP contribution in [0.25, 0.3) is 0 Å². The van der Waals surface area contributed by atoms with E-state index in [9.17, 15) is 4.79 Å². The van der Waals surface area contributed by atoms with Gasteiger partial charge < -0.3 is 15.1 Å². The van der Waals surface area contributed by atoms with Crippen LogP contribution < -0.4 is 5.73 Å². The number of likely N-dealkylation sites (tertiary alicyclic amines) is 1. The molecule has 4 heteroatoms. The first-order chi connectivity index (χ1) is 8.06. The van der Waals surface area contributed by atoms with Gasteiger partial charge in [-0.1, -0.05) is 6.92 Å². The zero-order chi connectivity index (χ0) is 12.5. The number of hydrogen-bond donors (Lipinski definition) is 1. The Morgan fingerprint density at radius 3 is 2.65 bits per heavy atom. The lowest BCUT2D eigenvalue weighted by atomic mass is 9.80. The lowest BCUT2D eigenvalue weighted by molar-refractivity contribution is 0.0586. The number of furan rings is 1. The molecule has 1 aromatic rings. The minimum atomic E-state index is 0.00608. The molecule has 1 aliphatic heterocycles. The van der Waals surface area contributed by atoms with Crippen LogP contribution in [-0.4, -0.2) is 30.4 Å². The van der Waals surface area contributed by atoms with Crippen molar-refractivity contribution >= 4 is 5.91 Å². The number of carbonyl (C=O) groups excluding carboxylic acids is 1. The fourth-order valence-electron chi connectivity index (χ4n) is 2.19. The van der Waals surface area contributed by atoms with Crippen molar-refractivity contribution in [2.45, 2.75) is 26.7 Å². The lowest BCUT2D eigenvalue weighted by Crippen LogP contribution is -2.44. The molecule has 1 amide bonds. The van der Waals surface area contributed by atoms with Gasteiger partial charge in [0.1, 0.15) is 0 Å². The van der Waals surface area contributed by atoms with E-state index >= 15 is 0 Å². The first-order valence-corrected chi connectivity index (χ1v) is 6.09. The molecule has 2 N–H and O–H groups in total. The van der Waals surface area contributed by atoms with Gasteiger partial charge in [0.15, 0.2) is 5.76 Å². The number of aryl methyl sites for hydroxylation is 1. The second kappa shape index (κ2) is 4.53. The van der Waals surface area contributed by atoms with E-state index in [1.165, 1.54) is 0 Å². The van der Waals surface area contributed by atoms with Crippen LogP contribution in [0.1, 0.15) is 35.9 Å². The third-order valence-corrected chi connectivity index (χ3v) is 3.81. The Morgan fingerprint density at radius 2 is 2.18 bits per heavy atom. The number of hydrogen-bond acceptors (Lipinski definition) is 3. The van der Waals surface area contributed by atoms with Gasteiger partial charge in [-0.2, -0.15) is 0 Å². The summed E-state index contributed by atoms with van der Waals surface area (Å²) < 4.78 is 5.24. The summed E-state index contributed by atoms with van der Waals surface area (Å²) in [6.07, 6.45) is 3.50. The molecule has 0 saturated carbocycles. The molecular weight excluding hydrogens is 216 g/mol. The molecule has 2 heterocycles. The van der Waals surface area contributed by atoms with E-state index < -0.39 is 0 Å². The Labute approximate surface area is 102 Å². The standard InChI is InChI=1S/C13H20N2O2/c1-10-3-8-17-11(10)12(16)15-6-4-13(2,9-14)5-7-15/h3,8H,4-7,9,14H2,1-2H3. The fraction of sp³-hybridized carbons (Fsp3) is 0.615. The van der Waals surface area contributed by atoms with Gasteiger partial charge in [0, 0.05) is 18.7 Å². The molecule has 17 heavy (non-hydrogen) atoms. The number of amides is 1. The van der Waals surface area contributed by atoms with Crippen molar-refractivity contribution in [1.82, 2.24) is 4.90 Å². The summed E-state index contributed by atoms with van der Waals surface area (Å²) >= 11 is 0. The maximum atomic E-state index is 12.2. The molecule has 0 aromatic carbocycles. The molecule has 1 aromatic heterocycles. The van der Waals surface area contributed by atoms with Crippen LogP contribution in [0.2, 0.25) is 0 Å². The van der Waals surface area contributed by atoms with Crippen LogP contribution in [0.3, 0.4) is 0 Å². The maximum Gasteiger partial charge on any atom is 0.289 e. The monoisotopic (exact) mass is 236 g/mol. The molecule has 0 radical (unpaired) electrons. The third-order valence-electron chi connectivity index (χ3n) is 3.81. The van der Waals surface area contributed by atoms with Crippen molar-refractivity contribution in [2.24, 2.45) is 11.1 Å². The van der Waals surface area contributed by atoms with E-state index in [4.69, 9.17) is 10.2 Å². The number of rotatable bonds is 2. The predicted octanol–water partition coefficient (Wildman–Crippen LogP) is 1.79. The molecule has 0 bridgehead atoms. The first-order valence-electron chi connectivity index (χ1n) is 6.09. The van der Waals surface area contributed by atoms with Crippen molar-refractivity contribution in [3.05, 3.63) is 23.7 Å². The second-order valence-electron chi connectivity index (χ2n) is 5.24. The third kappa shape index (κ3) is 2.36. The SMILES string of the molecule is Cc1ccoc1C(=O)N1CCC(C)(CN)CC1. The average Bonchev–Trinajstić information content (AvgIpc) is 2.76. The summed E-state index contributed by atoms with van der Waals surface area (Å²) in [4.78, 5) is 14.0. The summed E-state index contributed by atoms with van der Waals surface area (Å²) in [5.74, 6) is 0.480. The maximum absolute atomic E-state index is 12.2. The van der Waals surface area contributed by atoms with E-state index in [1.54, 1.807) is 6.26 Å². The molecule has 2 rings (SSSR count). The highest BCUT2D eigenvalue weighted by atomic mass is 16.3. The Hall–Kier alpha value is -1.29. The minimum Gasteiger partial charge on any atom is -0.459 e. The van der Waals surface area contributed by atoms with Crippen molar-refractivity contribution in [3.8, 4) is 0 Å². The van der Waals surface area contributed by atoms with Gasteiger partial charge in [0.05, 0.1) is 6.26 Å². The number of nitrogens with zero attached hydrogens (tertiary/aromatic N) is 1. The Balaban J connectivity index is 2.02. The molecule has 4 nitrogen and oxygen atoms in total. The van der Waals surface area contributed by atoms with Crippen molar-refractivity contribution in [3.63, 3.8) is 0 Å². The van der Waals surface area contributed by atoms with Crippen LogP contribution in [-0.2, 0) is 0 Å². The number of piperidine rings is 1. The van der Waals surface area contributed by atoms with Gasteiger partial charge in [0.2, 0.25) is 0 Å². The molecule has 94 valence electrons. The summed E-state index contributed by atoms with van der Waals surface area (Å²) in [7, 11) is 0. The zero-order valence-corrected chi connectivity index (χ0v) is 10.5. The molecule has 1 saturated heterocycles. The lowest BCUT2D eigenvalue weighted by Gasteiger charge is -2.38. The van der Waals surface area contributed by atoms with Crippen molar-refractivity contribution < 1.29 is 9.21 Å². The van der Waals surface area contributed by atoms with Crippen molar-refractivity contribution in [2.75, 3.05) is 19.6 Å². The quantitative estimate of drug-likeness (QED) is 0.851. The topological polar surface area (TPSA) is 59.5 Å². The fourth-order valence-corrected chi connectivity index (χ4v) is 2.19. The normalized spacial score (nSPS) is 19.4. The van der Waals surface area contributed by atoms with Gasteiger partial charge in [-0.3, -0.25) is 4.79 Å². The van der Waals surface area contributed by atoms with E-state index in [1.807, 2.05) is 17.9 Å².